The van der Waals surface area contributed by atoms with Crippen molar-refractivity contribution in [2.24, 2.45) is 0 Å². The first-order chi connectivity index (χ1) is 6.50. The highest BCUT2D eigenvalue weighted by Gasteiger charge is 2.06. The second-order valence-corrected chi connectivity index (χ2v) is 3.14. The third-order valence-electron chi connectivity index (χ3n) is 1.65. The molecular formula is C9H11FN2O2. The van der Waals surface area contributed by atoms with Gasteiger partial charge in [0, 0.05) is 17.8 Å². The molecule has 0 radical (unpaired) electrons. The van der Waals surface area contributed by atoms with E-state index in [0.717, 1.165) is 6.08 Å². The first kappa shape index (κ1) is 10.4. The van der Waals surface area contributed by atoms with Gasteiger partial charge in [-0.25, -0.2) is 4.79 Å². The molecule has 0 spiro atoms. The number of hydrogen-bond acceptors (Lipinski definition) is 2. The topological polar surface area (TPSA) is 55.1 Å². The second kappa shape index (κ2) is 4.04. The quantitative estimate of drug-likeness (QED) is 0.754. The van der Waals surface area contributed by atoms with E-state index >= 15 is 0 Å². The molecular weight excluding hydrogens is 187 g/mol. The largest absolute Gasteiger partial charge is 0.476 e. The monoisotopic (exact) mass is 198 g/mol. The van der Waals surface area contributed by atoms with Crippen molar-refractivity contribution in [1.29, 1.82) is 0 Å². The molecule has 14 heavy (non-hydrogen) atoms. The summed E-state index contributed by atoms with van der Waals surface area (Å²) < 4.78 is 14.3. The Morgan fingerprint density at radius 1 is 1.71 bits per heavy atom. The first-order valence-corrected chi connectivity index (χ1v) is 4.15. The van der Waals surface area contributed by atoms with E-state index in [-0.39, 0.29) is 6.04 Å². The number of rotatable bonds is 3. The summed E-state index contributed by atoms with van der Waals surface area (Å²) in [6.07, 6.45) is 3.95. The van der Waals surface area contributed by atoms with Gasteiger partial charge < -0.3 is 5.11 Å². The van der Waals surface area contributed by atoms with Crippen LogP contribution in [-0.2, 0) is 4.79 Å². The Morgan fingerprint density at radius 2 is 2.36 bits per heavy atom. The van der Waals surface area contributed by atoms with Gasteiger partial charge in [0.05, 0.1) is 6.20 Å². The molecule has 0 saturated carbocycles. The van der Waals surface area contributed by atoms with E-state index in [1.807, 2.05) is 13.8 Å². The molecule has 0 saturated heterocycles. The summed E-state index contributed by atoms with van der Waals surface area (Å²) in [6.45, 7) is 3.85. The zero-order chi connectivity index (χ0) is 10.7. The minimum absolute atomic E-state index is 0.171. The normalized spacial score (nSPS) is 12.1. The van der Waals surface area contributed by atoms with Gasteiger partial charge in [-0.05, 0) is 19.9 Å². The summed E-state index contributed by atoms with van der Waals surface area (Å²) >= 11 is 0. The van der Waals surface area contributed by atoms with E-state index in [9.17, 15) is 9.18 Å². The van der Waals surface area contributed by atoms with Crippen molar-refractivity contribution in [1.82, 2.24) is 9.78 Å². The Balaban J connectivity index is 2.88. The molecule has 0 aliphatic rings. The number of hydrogen-bond donors (Lipinski definition) is 1. The minimum atomic E-state index is -1.57. The van der Waals surface area contributed by atoms with Crippen LogP contribution in [0.15, 0.2) is 18.2 Å². The number of nitrogens with zero attached hydrogens (tertiary/aromatic N) is 2. The van der Waals surface area contributed by atoms with Crippen LogP contribution in [0.1, 0.15) is 25.5 Å². The van der Waals surface area contributed by atoms with Crippen molar-refractivity contribution in [3.8, 4) is 0 Å². The van der Waals surface area contributed by atoms with Crippen LogP contribution in [0.3, 0.4) is 0 Å². The number of carboxylic acid groups (broad SMARTS) is 1. The Labute approximate surface area is 80.7 Å². The second-order valence-electron chi connectivity index (χ2n) is 3.14. The third kappa shape index (κ3) is 2.42. The van der Waals surface area contributed by atoms with Gasteiger partial charge in [-0.2, -0.15) is 9.49 Å². The van der Waals surface area contributed by atoms with Gasteiger partial charge >= 0.3 is 5.97 Å². The Hall–Kier alpha value is -1.65. The van der Waals surface area contributed by atoms with Crippen molar-refractivity contribution in [2.45, 2.75) is 19.9 Å². The highest BCUT2D eigenvalue weighted by atomic mass is 19.1. The van der Waals surface area contributed by atoms with Gasteiger partial charge in [0.2, 0.25) is 5.83 Å². The van der Waals surface area contributed by atoms with E-state index in [2.05, 4.69) is 5.10 Å². The maximum atomic E-state index is 12.6. The van der Waals surface area contributed by atoms with Crippen molar-refractivity contribution < 1.29 is 14.3 Å². The lowest BCUT2D eigenvalue weighted by atomic mass is 10.3. The zero-order valence-electron chi connectivity index (χ0n) is 7.94. The molecule has 0 unspecified atom stereocenters. The van der Waals surface area contributed by atoms with E-state index < -0.39 is 11.8 Å². The molecule has 1 aromatic heterocycles. The molecule has 1 N–H and O–H groups in total. The minimum Gasteiger partial charge on any atom is -0.476 e. The first-order valence-electron chi connectivity index (χ1n) is 4.15. The van der Waals surface area contributed by atoms with E-state index in [0.29, 0.717) is 5.56 Å². The van der Waals surface area contributed by atoms with Gasteiger partial charge in [0.25, 0.3) is 0 Å². The van der Waals surface area contributed by atoms with Crippen LogP contribution in [0.4, 0.5) is 4.39 Å². The average molecular weight is 198 g/mol. The van der Waals surface area contributed by atoms with Crippen LogP contribution in [-0.4, -0.2) is 20.9 Å². The maximum absolute atomic E-state index is 12.6. The molecule has 76 valence electrons. The highest BCUT2D eigenvalue weighted by Crippen LogP contribution is 2.10. The number of carbonyl (C=O) groups is 1. The fraction of sp³-hybridized carbons (Fsp3) is 0.333. The summed E-state index contributed by atoms with van der Waals surface area (Å²) in [7, 11) is 0. The predicted molar refractivity (Wildman–Crippen MR) is 49.3 cm³/mol. The van der Waals surface area contributed by atoms with E-state index in [1.165, 1.54) is 6.20 Å². The predicted octanol–water partition coefficient (Wildman–Crippen LogP) is 1.86. The summed E-state index contributed by atoms with van der Waals surface area (Å²) in [5.41, 5.74) is 0.443. The summed E-state index contributed by atoms with van der Waals surface area (Å²) in [5.74, 6) is -2.75. The van der Waals surface area contributed by atoms with Crippen molar-refractivity contribution in [3.63, 3.8) is 0 Å². The van der Waals surface area contributed by atoms with E-state index in [4.69, 9.17) is 5.11 Å². The molecule has 5 heteroatoms. The lowest BCUT2D eigenvalue weighted by Gasteiger charge is -2.02. The van der Waals surface area contributed by atoms with Crippen molar-refractivity contribution >= 4 is 12.0 Å². The van der Waals surface area contributed by atoms with Crippen LogP contribution >= 0.6 is 0 Å². The SMILES string of the molecule is CC(C)n1cc(/C=C(/F)C(=O)O)cn1. The summed E-state index contributed by atoms with van der Waals surface area (Å²) in [5, 5.41) is 12.2. The lowest BCUT2D eigenvalue weighted by molar-refractivity contribution is -0.134. The van der Waals surface area contributed by atoms with Crippen LogP contribution in [0.25, 0.3) is 6.08 Å². The fourth-order valence-corrected chi connectivity index (χ4v) is 0.918. The smallest absolute Gasteiger partial charge is 0.364 e. The molecule has 0 aliphatic carbocycles. The number of halogens is 1. The van der Waals surface area contributed by atoms with Crippen LogP contribution < -0.4 is 0 Å². The number of carboxylic acids is 1. The third-order valence-corrected chi connectivity index (χ3v) is 1.65. The molecule has 1 aromatic rings. The summed E-state index contributed by atoms with van der Waals surface area (Å²) in [6, 6.07) is 0.171. The molecule has 0 aliphatic heterocycles. The van der Waals surface area contributed by atoms with Crippen molar-refractivity contribution in [3.05, 3.63) is 23.8 Å². The molecule has 1 heterocycles. The lowest BCUT2D eigenvalue weighted by Crippen LogP contribution is -1.99. The van der Waals surface area contributed by atoms with Gasteiger partial charge in [0.1, 0.15) is 0 Å². The van der Waals surface area contributed by atoms with E-state index in [1.54, 1.807) is 10.9 Å². The maximum Gasteiger partial charge on any atom is 0.364 e. The Kier molecular flexibility index (Phi) is 3.01. The molecule has 0 bridgehead atoms. The molecule has 0 atom stereocenters. The molecule has 0 amide bonds. The van der Waals surface area contributed by atoms with Crippen molar-refractivity contribution in [2.75, 3.05) is 0 Å². The number of aromatic nitrogens is 2. The standard InChI is InChI=1S/C9H11FN2O2/c1-6(2)12-5-7(4-11-12)3-8(10)9(13)14/h3-6H,1-2H3,(H,13,14)/b8-3+. The Morgan fingerprint density at radius 3 is 2.79 bits per heavy atom. The molecule has 4 nitrogen and oxygen atoms in total. The van der Waals surface area contributed by atoms with Crippen LogP contribution in [0.2, 0.25) is 0 Å². The van der Waals surface area contributed by atoms with Crippen LogP contribution in [0.5, 0.6) is 0 Å². The number of aliphatic carboxylic acids is 1. The molecule has 0 aromatic carbocycles. The van der Waals surface area contributed by atoms with Gasteiger partial charge in [-0.1, -0.05) is 0 Å². The fourth-order valence-electron chi connectivity index (χ4n) is 0.918. The van der Waals surface area contributed by atoms with Gasteiger partial charge in [0.15, 0.2) is 0 Å². The van der Waals surface area contributed by atoms with Crippen LogP contribution in [0, 0.1) is 0 Å². The zero-order valence-corrected chi connectivity index (χ0v) is 7.94. The summed E-state index contributed by atoms with van der Waals surface area (Å²) in [4.78, 5) is 10.2. The molecule has 1 rings (SSSR count). The average Bonchev–Trinajstić information content (AvgIpc) is 2.52. The van der Waals surface area contributed by atoms with Gasteiger partial charge in [-0.15, -0.1) is 0 Å². The highest BCUT2D eigenvalue weighted by molar-refractivity contribution is 5.89. The Bertz CT molecular complexity index is 369. The molecule has 0 fully saturated rings. The van der Waals surface area contributed by atoms with Gasteiger partial charge in [-0.3, -0.25) is 4.68 Å².